The lowest BCUT2D eigenvalue weighted by atomic mass is 10.0. The number of rotatable bonds is 5. The quantitative estimate of drug-likeness (QED) is 0.710. The number of hydrogen-bond donors (Lipinski definition) is 1. The molecule has 1 atom stereocenters. The third-order valence-corrected chi connectivity index (χ3v) is 6.32. The van der Waals surface area contributed by atoms with E-state index in [1.54, 1.807) is 18.2 Å². The van der Waals surface area contributed by atoms with E-state index in [1.807, 2.05) is 24.3 Å². The summed E-state index contributed by atoms with van der Waals surface area (Å²) in [5, 5.41) is 22.0. The van der Waals surface area contributed by atoms with E-state index in [-0.39, 0.29) is 16.6 Å². The van der Waals surface area contributed by atoms with E-state index in [9.17, 15) is 13.7 Å². The molecule has 2 aromatic carbocycles. The highest BCUT2D eigenvalue weighted by atomic mass is 32.2. The molecule has 3 aromatic rings. The first-order valence-electron chi connectivity index (χ1n) is 9.15. The Balaban J connectivity index is 1.84. The molecule has 7 heteroatoms. The zero-order valence-electron chi connectivity index (χ0n) is 15.7. The highest BCUT2D eigenvalue weighted by Gasteiger charge is 2.29. The zero-order chi connectivity index (χ0) is 19.9. The van der Waals surface area contributed by atoms with Gasteiger partial charge in [-0.2, -0.15) is 5.26 Å². The molecule has 0 unspecified atom stereocenters. The van der Waals surface area contributed by atoms with Gasteiger partial charge in [0.05, 0.1) is 16.1 Å². The van der Waals surface area contributed by atoms with Gasteiger partial charge in [0.2, 0.25) is 0 Å². The van der Waals surface area contributed by atoms with Gasteiger partial charge in [0, 0.05) is 23.2 Å². The monoisotopic (exact) mass is 392 g/mol. The van der Waals surface area contributed by atoms with E-state index in [1.165, 1.54) is 19.1 Å². The molecule has 4 rings (SSSR count). The van der Waals surface area contributed by atoms with Crippen LogP contribution >= 0.6 is 0 Å². The van der Waals surface area contributed by atoms with Crippen molar-refractivity contribution in [3.63, 3.8) is 0 Å². The Morgan fingerprint density at radius 1 is 1.18 bits per heavy atom. The van der Waals surface area contributed by atoms with Crippen LogP contribution in [0, 0.1) is 17.2 Å². The molecule has 0 aliphatic heterocycles. The number of nitrogens with zero attached hydrogens (tertiary/aromatic N) is 3. The van der Waals surface area contributed by atoms with Crippen molar-refractivity contribution in [2.75, 3.05) is 11.6 Å². The van der Waals surface area contributed by atoms with Gasteiger partial charge >= 0.3 is 0 Å². The van der Waals surface area contributed by atoms with E-state index < -0.39 is 9.84 Å². The van der Waals surface area contributed by atoms with Crippen LogP contribution in [-0.2, 0) is 9.84 Å². The van der Waals surface area contributed by atoms with Crippen molar-refractivity contribution in [1.82, 2.24) is 10.2 Å². The molecule has 1 heterocycles. The predicted octanol–water partition coefficient (Wildman–Crippen LogP) is 3.78. The highest BCUT2D eigenvalue weighted by molar-refractivity contribution is 7.90. The number of fused-ring (bicyclic) bond motifs is 1. The van der Waals surface area contributed by atoms with E-state index in [4.69, 9.17) is 0 Å². The Kier molecular flexibility index (Phi) is 4.52. The van der Waals surface area contributed by atoms with Crippen molar-refractivity contribution in [1.29, 1.82) is 5.26 Å². The molecule has 0 saturated heterocycles. The maximum Gasteiger partial charge on any atom is 0.186 e. The SMILES string of the molecule is C[C@@H](Nc1c(C#N)nnc2cc(-c3ccccc3S(C)(=O)=O)ccc12)C1CC1. The number of anilines is 1. The van der Waals surface area contributed by atoms with Crippen LogP contribution in [0.5, 0.6) is 0 Å². The summed E-state index contributed by atoms with van der Waals surface area (Å²) in [6.45, 7) is 2.11. The maximum absolute atomic E-state index is 12.1. The van der Waals surface area contributed by atoms with Crippen LogP contribution in [0.25, 0.3) is 22.0 Å². The lowest BCUT2D eigenvalue weighted by molar-refractivity contribution is 0.602. The Labute approximate surface area is 164 Å². The van der Waals surface area contributed by atoms with Crippen LogP contribution in [-0.4, -0.2) is 30.9 Å². The fourth-order valence-corrected chi connectivity index (χ4v) is 4.38. The van der Waals surface area contributed by atoms with Gasteiger partial charge in [0.15, 0.2) is 15.5 Å². The molecule has 0 bridgehead atoms. The number of nitrogens with one attached hydrogen (secondary N) is 1. The van der Waals surface area contributed by atoms with Crippen molar-refractivity contribution in [2.45, 2.75) is 30.7 Å². The van der Waals surface area contributed by atoms with E-state index in [0.29, 0.717) is 22.7 Å². The van der Waals surface area contributed by atoms with Gasteiger partial charge in [0.25, 0.3) is 0 Å². The number of nitriles is 1. The summed E-state index contributed by atoms with van der Waals surface area (Å²) in [5.74, 6) is 0.621. The average Bonchev–Trinajstić information content (AvgIpc) is 3.52. The van der Waals surface area contributed by atoms with Gasteiger partial charge in [-0.1, -0.05) is 24.3 Å². The Morgan fingerprint density at radius 2 is 1.93 bits per heavy atom. The molecular formula is C21H20N4O2S. The van der Waals surface area contributed by atoms with Crippen molar-refractivity contribution in [3.05, 3.63) is 48.2 Å². The van der Waals surface area contributed by atoms with Crippen LogP contribution in [0.4, 0.5) is 5.69 Å². The molecule has 6 nitrogen and oxygen atoms in total. The molecule has 28 heavy (non-hydrogen) atoms. The van der Waals surface area contributed by atoms with Gasteiger partial charge in [-0.15, -0.1) is 10.2 Å². The number of hydrogen-bond acceptors (Lipinski definition) is 6. The van der Waals surface area contributed by atoms with E-state index in [2.05, 4.69) is 28.5 Å². The van der Waals surface area contributed by atoms with Crippen LogP contribution in [0.15, 0.2) is 47.4 Å². The van der Waals surface area contributed by atoms with Crippen LogP contribution in [0.2, 0.25) is 0 Å². The molecule has 0 amide bonds. The summed E-state index contributed by atoms with van der Waals surface area (Å²) in [7, 11) is -3.36. The molecule has 142 valence electrons. The third-order valence-electron chi connectivity index (χ3n) is 5.17. The zero-order valence-corrected chi connectivity index (χ0v) is 16.5. The second-order valence-corrected chi connectivity index (χ2v) is 9.29. The largest absolute Gasteiger partial charge is 0.379 e. The summed E-state index contributed by atoms with van der Waals surface area (Å²) >= 11 is 0. The smallest absolute Gasteiger partial charge is 0.186 e. The minimum Gasteiger partial charge on any atom is -0.379 e. The number of benzene rings is 2. The summed E-state index contributed by atoms with van der Waals surface area (Å²) in [6.07, 6.45) is 3.59. The van der Waals surface area contributed by atoms with Crippen molar-refractivity contribution in [3.8, 4) is 17.2 Å². The van der Waals surface area contributed by atoms with Crippen LogP contribution < -0.4 is 5.32 Å². The Bertz CT molecular complexity index is 1210. The number of sulfone groups is 1. The molecule has 0 radical (unpaired) electrons. The highest BCUT2D eigenvalue weighted by Crippen LogP contribution is 2.36. The minimum absolute atomic E-state index is 0.255. The summed E-state index contributed by atoms with van der Waals surface area (Å²) in [4.78, 5) is 0.275. The maximum atomic E-state index is 12.1. The minimum atomic E-state index is -3.36. The molecule has 1 aromatic heterocycles. The van der Waals surface area contributed by atoms with Crippen LogP contribution in [0.3, 0.4) is 0 Å². The third kappa shape index (κ3) is 3.43. The summed E-state index contributed by atoms with van der Waals surface area (Å²) < 4.78 is 24.3. The van der Waals surface area contributed by atoms with Gasteiger partial charge in [-0.05, 0) is 49.4 Å². The predicted molar refractivity (Wildman–Crippen MR) is 109 cm³/mol. The Hall–Kier alpha value is -2.98. The first-order valence-corrected chi connectivity index (χ1v) is 11.0. The standard InChI is InChI=1S/C21H20N4O2S/c1-13(14-7-8-14)23-21-17-10-9-15(11-18(17)24-25-19(21)12-22)16-5-3-4-6-20(16)28(2,26)27/h3-6,9-11,13-14H,7-8H2,1-2H3,(H,23,24)/t13-/m1/s1. The van der Waals surface area contributed by atoms with Gasteiger partial charge < -0.3 is 5.32 Å². The Morgan fingerprint density at radius 3 is 2.61 bits per heavy atom. The van der Waals surface area contributed by atoms with Gasteiger partial charge in [0.1, 0.15) is 6.07 Å². The van der Waals surface area contributed by atoms with E-state index in [0.717, 1.165) is 10.9 Å². The number of aromatic nitrogens is 2. The first kappa shape index (κ1) is 18.4. The molecule has 1 aliphatic carbocycles. The van der Waals surface area contributed by atoms with E-state index >= 15 is 0 Å². The van der Waals surface area contributed by atoms with Gasteiger partial charge in [-0.3, -0.25) is 0 Å². The second kappa shape index (κ2) is 6.88. The lowest BCUT2D eigenvalue weighted by Crippen LogP contribution is -2.19. The summed E-state index contributed by atoms with van der Waals surface area (Å²) in [6, 6.07) is 14.8. The summed E-state index contributed by atoms with van der Waals surface area (Å²) in [5.41, 5.74) is 2.94. The first-order chi connectivity index (χ1) is 13.4. The molecule has 1 N–H and O–H groups in total. The van der Waals surface area contributed by atoms with Crippen molar-refractivity contribution < 1.29 is 8.42 Å². The van der Waals surface area contributed by atoms with Crippen LogP contribution in [0.1, 0.15) is 25.5 Å². The normalized spacial score (nSPS) is 15.2. The second-order valence-electron chi connectivity index (χ2n) is 7.31. The van der Waals surface area contributed by atoms with Gasteiger partial charge in [-0.25, -0.2) is 8.42 Å². The topological polar surface area (TPSA) is 95.7 Å². The molecule has 1 fully saturated rings. The lowest BCUT2D eigenvalue weighted by Gasteiger charge is -2.17. The molecular weight excluding hydrogens is 372 g/mol. The molecule has 1 aliphatic rings. The fourth-order valence-electron chi connectivity index (χ4n) is 3.47. The fraction of sp³-hybridized carbons (Fsp3) is 0.286. The van der Waals surface area contributed by atoms with Crippen molar-refractivity contribution in [2.24, 2.45) is 5.92 Å². The molecule has 1 saturated carbocycles. The average molecular weight is 392 g/mol. The molecule has 0 spiro atoms. The van der Waals surface area contributed by atoms with Crippen molar-refractivity contribution >= 4 is 26.4 Å².